The molecule has 3 fully saturated rings. The number of morpholine rings is 1. The molecule has 1 N–H and O–H groups in total. The zero-order valence-corrected chi connectivity index (χ0v) is 19.5. The van der Waals surface area contributed by atoms with Gasteiger partial charge in [0.25, 0.3) is 0 Å². The first kappa shape index (κ1) is 24.7. The van der Waals surface area contributed by atoms with Gasteiger partial charge in [0.15, 0.2) is 0 Å². The van der Waals surface area contributed by atoms with Crippen LogP contribution < -0.4 is 5.32 Å². The smallest absolute Gasteiger partial charge is 0.249 e. The number of carbonyl (C=O) groups excluding carboxylic acids is 2. The predicted molar refractivity (Wildman–Crippen MR) is 120 cm³/mol. The number of ether oxygens (including phenoxy) is 1. The van der Waals surface area contributed by atoms with Crippen LogP contribution in [-0.4, -0.2) is 53.5 Å². The fourth-order valence-electron chi connectivity index (χ4n) is 5.89. The molecule has 0 radical (unpaired) electrons. The monoisotopic (exact) mass is 508 g/mol. The second-order valence-corrected chi connectivity index (χ2v) is 10.1. The summed E-state index contributed by atoms with van der Waals surface area (Å²) in [6.07, 6.45) is -0.839. The Morgan fingerprint density at radius 3 is 2.44 bits per heavy atom. The number of carbonyl (C=O) groups is 2. The van der Waals surface area contributed by atoms with Crippen LogP contribution in [0.4, 0.5) is 22.0 Å². The molecule has 2 heterocycles. The fraction of sp³-hybridized carbons (Fsp3) is 0.462. The normalized spacial score (nSPS) is 27.7. The largest absolute Gasteiger partial charge is 0.369 e. The number of likely N-dealkylation sites (tertiary alicyclic amines) is 1. The van der Waals surface area contributed by atoms with Crippen LogP contribution in [0.2, 0.25) is 0 Å². The van der Waals surface area contributed by atoms with E-state index >= 15 is 4.39 Å². The van der Waals surface area contributed by atoms with Gasteiger partial charge < -0.3 is 15.0 Å². The predicted octanol–water partition coefficient (Wildman–Crippen LogP) is 4.23. The Labute approximate surface area is 204 Å². The third kappa shape index (κ3) is 4.36. The van der Waals surface area contributed by atoms with Crippen LogP contribution in [0.1, 0.15) is 31.7 Å². The Bertz CT molecular complexity index is 1190. The van der Waals surface area contributed by atoms with Crippen LogP contribution in [0.5, 0.6) is 0 Å². The number of halogens is 5. The van der Waals surface area contributed by atoms with E-state index in [9.17, 15) is 27.2 Å². The standard InChI is InChI=1S/C26H25F5N2O3/c1-14-9-25(13-36-12-22(34)32-25)21(33(14)24(35)17-10-26(30,31)11-17)7-15-3-2-4-20(23(15)29)16-5-18(27)8-19(28)6-16/h2-6,8,14,17,21H,7,9-13H2,1H3,(H,32,34)/t14-,21+,25-/m1/s1. The van der Waals surface area contributed by atoms with Gasteiger partial charge in [0, 0.05) is 36.4 Å². The topological polar surface area (TPSA) is 58.6 Å². The molecule has 0 unspecified atom stereocenters. The zero-order chi connectivity index (χ0) is 25.8. The van der Waals surface area contributed by atoms with Gasteiger partial charge in [-0.2, -0.15) is 0 Å². The number of nitrogens with zero attached hydrogens (tertiary/aromatic N) is 1. The lowest BCUT2D eigenvalue weighted by Crippen LogP contribution is -2.65. The van der Waals surface area contributed by atoms with Gasteiger partial charge in [-0.1, -0.05) is 18.2 Å². The van der Waals surface area contributed by atoms with Gasteiger partial charge in [-0.3, -0.25) is 9.59 Å². The second kappa shape index (κ2) is 8.83. The third-order valence-corrected chi connectivity index (χ3v) is 7.45. The Hall–Kier alpha value is -3.01. The van der Waals surface area contributed by atoms with E-state index in [1.807, 2.05) is 0 Å². The maximum Gasteiger partial charge on any atom is 0.249 e. The van der Waals surface area contributed by atoms with E-state index in [1.165, 1.54) is 23.1 Å². The second-order valence-electron chi connectivity index (χ2n) is 10.1. The minimum absolute atomic E-state index is 0.0142. The molecule has 2 aromatic carbocycles. The van der Waals surface area contributed by atoms with Gasteiger partial charge in [-0.25, -0.2) is 22.0 Å². The number of alkyl halides is 2. The highest BCUT2D eigenvalue weighted by molar-refractivity contribution is 5.83. The lowest BCUT2D eigenvalue weighted by molar-refractivity contribution is -0.163. The molecular formula is C26H25F5N2O3. The van der Waals surface area contributed by atoms with Crippen molar-refractivity contribution >= 4 is 11.8 Å². The van der Waals surface area contributed by atoms with Gasteiger partial charge in [0.1, 0.15) is 24.1 Å². The van der Waals surface area contributed by atoms with Crippen LogP contribution in [0.25, 0.3) is 11.1 Å². The molecular weight excluding hydrogens is 483 g/mol. The summed E-state index contributed by atoms with van der Waals surface area (Å²) in [6, 6.07) is 5.97. The Morgan fingerprint density at radius 2 is 1.81 bits per heavy atom. The molecule has 10 heteroatoms. The first-order valence-electron chi connectivity index (χ1n) is 11.8. The van der Waals surface area contributed by atoms with Crippen molar-refractivity contribution < 1.29 is 36.3 Å². The Balaban J connectivity index is 1.51. The van der Waals surface area contributed by atoms with E-state index in [2.05, 4.69) is 5.32 Å². The molecule has 2 amide bonds. The minimum Gasteiger partial charge on any atom is -0.369 e. The lowest BCUT2D eigenvalue weighted by Gasteiger charge is -2.43. The van der Waals surface area contributed by atoms with E-state index < -0.39 is 65.7 Å². The number of hydrogen-bond acceptors (Lipinski definition) is 3. The summed E-state index contributed by atoms with van der Waals surface area (Å²) in [7, 11) is 0. The van der Waals surface area contributed by atoms with Gasteiger partial charge in [-0.15, -0.1) is 0 Å². The molecule has 3 atom stereocenters. The summed E-state index contributed by atoms with van der Waals surface area (Å²) in [5.74, 6) is -7.01. The number of benzene rings is 2. The third-order valence-electron chi connectivity index (χ3n) is 7.45. The average Bonchev–Trinajstić information content (AvgIpc) is 3.02. The molecule has 36 heavy (non-hydrogen) atoms. The summed E-state index contributed by atoms with van der Waals surface area (Å²) in [5, 5.41) is 2.92. The number of rotatable bonds is 4. The molecule has 3 aliphatic rings. The van der Waals surface area contributed by atoms with Crippen molar-refractivity contribution in [2.45, 2.75) is 56.2 Å². The lowest BCUT2D eigenvalue weighted by atomic mass is 9.79. The molecule has 1 aliphatic carbocycles. The van der Waals surface area contributed by atoms with Crippen molar-refractivity contribution in [2.75, 3.05) is 13.2 Å². The highest BCUT2D eigenvalue weighted by atomic mass is 19.3. The zero-order valence-electron chi connectivity index (χ0n) is 19.5. The fourth-order valence-corrected chi connectivity index (χ4v) is 5.89. The summed E-state index contributed by atoms with van der Waals surface area (Å²) >= 11 is 0. The van der Waals surface area contributed by atoms with E-state index in [4.69, 9.17) is 4.74 Å². The molecule has 2 saturated heterocycles. The van der Waals surface area contributed by atoms with Crippen molar-refractivity contribution in [3.8, 4) is 11.1 Å². The van der Waals surface area contributed by atoms with Crippen molar-refractivity contribution in [1.29, 1.82) is 0 Å². The van der Waals surface area contributed by atoms with Crippen LogP contribution >= 0.6 is 0 Å². The van der Waals surface area contributed by atoms with Gasteiger partial charge in [0.2, 0.25) is 17.7 Å². The molecule has 192 valence electrons. The van der Waals surface area contributed by atoms with E-state index in [-0.39, 0.29) is 42.2 Å². The average molecular weight is 508 g/mol. The van der Waals surface area contributed by atoms with E-state index in [0.717, 1.165) is 12.1 Å². The Morgan fingerprint density at radius 1 is 1.11 bits per heavy atom. The van der Waals surface area contributed by atoms with Gasteiger partial charge >= 0.3 is 0 Å². The molecule has 0 aromatic heterocycles. The van der Waals surface area contributed by atoms with Crippen LogP contribution in [0.3, 0.4) is 0 Å². The molecule has 1 saturated carbocycles. The van der Waals surface area contributed by atoms with Crippen LogP contribution in [-0.2, 0) is 20.7 Å². The van der Waals surface area contributed by atoms with E-state index in [1.54, 1.807) is 6.92 Å². The van der Waals surface area contributed by atoms with E-state index in [0.29, 0.717) is 12.5 Å². The quantitative estimate of drug-likeness (QED) is 0.629. The molecule has 5 rings (SSSR count). The van der Waals surface area contributed by atoms with Crippen LogP contribution in [0.15, 0.2) is 36.4 Å². The molecule has 1 spiro atoms. The van der Waals surface area contributed by atoms with Crippen molar-refractivity contribution in [1.82, 2.24) is 10.2 Å². The summed E-state index contributed by atoms with van der Waals surface area (Å²) in [5.41, 5.74) is -0.872. The first-order chi connectivity index (χ1) is 17.0. The Kier molecular flexibility index (Phi) is 6.05. The molecule has 2 aliphatic heterocycles. The van der Waals surface area contributed by atoms with Crippen LogP contribution in [0, 0.1) is 23.4 Å². The minimum atomic E-state index is -2.89. The maximum atomic E-state index is 15.7. The molecule has 0 bridgehead atoms. The molecule has 2 aromatic rings. The maximum absolute atomic E-state index is 15.7. The number of amides is 2. The molecule has 5 nitrogen and oxygen atoms in total. The van der Waals surface area contributed by atoms with Gasteiger partial charge in [-0.05, 0) is 43.0 Å². The summed E-state index contributed by atoms with van der Waals surface area (Å²) in [6.45, 7) is 1.69. The first-order valence-corrected chi connectivity index (χ1v) is 11.8. The van der Waals surface area contributed by atoms with Crippen molar-refractivity contribution in [2.24, 2.45) is 5.92 Å². The SMILES string of the molecule is C[C@@H]1C[C@@]2(COCC(=O)N2)[C@H](Cc2cccc(-c3cc(F)cc(F)c3)c2F)N1C(=O)C1CC(F)(F)C1. The van der Waals surface area contributed by atoms with Crippen molar-refractivity contribution in [3.63, 3.8) is 0 Å². The van der Waals surface area contributed by atoms with Crippen molar-refractivity contribution in [3.05, 3.63) is 59.4 Å². The number of hydrogen-bond donors (Lipinski definition) is 1. The highest BCUT2D eigenvalue weighted by Crippen LogP contribution is 2.46. The summed E-state index contributed by atoms with van der Waals surface area (Å²) < 4.78 is 75.9. The highest BCUT2D eigenvalue weighted by Gasteiger charge is 2.58. The summed E-state index contributed by atoms with van der Waals surface area (Å²) in [4.78, 5) is 27.1. The van der Waals surface area contributed by atoms with Gasteiger partial charge in [0.05, 0.1) is 18.2 Å². The number of nitrogens with one attached hydrogen (secondary N) is 1.